The molecule has 0 saturated heterocycles. The van der Waals surface area contributed by atoms with Gasteiger partial charge >= 0.3 is 0 Å². The molecule has 9 heteroatoms. The summed E-state index contributed by atoms with van der Waals surface area (Å²) in [6.45, 7) is 1.62. The van der Waals surface area contributed by atoms with Gasteiger partial charge in [-0.2, -0.15) is 0 Å². The van der Waals surface area contributed by atoms with Gasteiger partial charge in [0.1, 0.15) is 0 Å². The SMILES string of the molecule is COc1cc(C)c(S(=O)(=O)NCCC(=O)Nc2ccncc2)cc1OC. The first-order valence-electron chi connectivity index (χ1n) is 7.79. The molecule has 140 valence electrons. The molecule has 0 aliphatic carbocycles. The maximum absolute atomic E-state index is 12.5. The lowest BCUT2D eigenvalue weighted by molar-refractivity contribution is -0.116. The summed E-state index contributed by atoms with van der Waals surface area (Å²) in [4.78, 5) is 15.8. The molecule has 1 aromatic carbocycles. The topological polar surface area (TPSA) is 107 Å². The molecule has 0 unspecified atom stereocenters. The number of aromatic nitrogens is 1. The average Bonchev–Trinajstić information content (AvgIpc) is 2.61. The monoisotopic (exact) mass is 379 g/mol. The fourth-order valence-corrected chi connectivity index (χ4v) is 3.56. The van der Waals surface area contributed by atoms with Gasteiger partial charge in [-0.25, -0.2) is 13.1 Å². The molecule has 1 heterocycles. The van der Waals surface area contributed by atoms with Crippen LogP contribution < -0.4 is 19.5 Å². The highest BCUT2D eigenvalue weighted by Crippen LogP contribution is 2.32. The van der Waals surface area contributed by atoms with Gasteiger partial charge < -0.3 is 14.8 Å². The first-order chi connectivity index (χ1) is 12.4. The molecule has 2 rings (SSSR count). The Morgan fingerprint density at radius 1 is 1.12 bits per heavy atom. The van der Waals surface area contributed by atoms with Gasteiger partial charge in [-0.1, -0.05) is 0 Å². The Bertz CT molecular complexity index is 869. The zero-order valence-corrected chi connectivity index (χ0v) is 15.6. The van der Waals surface area contributed by atoms with E-state index in [4.69, 9.17) is 9.47 Å². The number of anilines is 1. The van der Waals surface area contributed by atoms with Crippen molar-refractivity contribution in [2.24, 2.45) is 0 Å². The molecule has 1 amide bonds. The molecular formula is C17H21N3O5S. The molecule has 2 N–H and O–H groups in total. The van der Waals surface area contributed by atoms with Gasteiger partial charge in [0.2, 0.25) is 15.9 Å². The maximum atomic E-state index is 12.5. The fourth-order valence-electron chi connectivity index (χ4n) is 2.29. The van der Waals surface area contributed by atoms with Crippen molar-refractivity contribution >= 4 is 21.6 Å². The molecule has 0 spiro atoms. The number of nitrogens with one attached hydrogen (secondary N) is 2. The second-order valence-corrected chi connectivity index (χ2v) is 7.14. The highest BCUT2D eigenvalue weighted by molar-refractivity contribution is 7.89. The molecule has 0 aliphatic rings. The standard InChI is InChI=1S/C17H21N3O5S/c1-12-10-14(24-2)15(25-3)11-16(12)26(22,23)19-9-6-17(21)20-13-4-7-18-8-5-13/h4-5,7-8,10-11,19H,6,9H2,1-3H3,(H,18,20,21). The van der Waals surface area contributed by atoms with Crippen LogP contribution in [0.25, 0.3) is 0 Å². The number of carbonyl (C=O) groups excluding carboxylic acids is 1. The number of benzene rings is 1. The predicted octanol–water partition coefficient (Wildman–Crippen LogP) is 1.71. The number of ether oxygens (including phenoxy) is 2. The Labute approximate surface area is 152 Å². The third kappa shape index (κ3) is 4.93. The van der Waals surface area contributed by atoms with E-state index in [1.54, 1.807) is 37.5 Å². The molecule has 0 atom stereocenters. The van der Waals surface area contributed by atoms with Crippen molar-refractivity contribution in [1.82, 2.24) is 9.71 Å². The number of pyridine rings is 1. The zero-order valence-electron chi connectivity index (χ0n) is 14.8. The average molecular weight is 379 g/mol. The molecule has 2 aromatic rings. The molecule has 0 aliphatic heterocycles. The molecule has 0 bridgehead atoms. The number of carbonyl (C=O) groups is 1. The number of rotatable bonds is 8. The second kappa shape index (κ2) is 8.63. The summed E-state index contributed by atoms with van der Waals surface area (Å²) < 4.78 is 37.8. The van der Waals surface area contributed by atoms with E-state index in [1.165, 1.54) is 20.3 Å². The van der Waals surface area contributed by atoms with Gasteiger partial charge in [-0.15, -0.1) is 0 Å². The summed E-state index contributed by atoms with van der Waals surface area (Å²) in [7, 11) is -0.884. The first-order valence-corrected chi connectivity index (χ1v) is 9.28. The third-order valence-corrected chi connectivity index (χ3v) is 5.18. The Kier molecular flexibility index (Phi) is 6.53. The first kappa shape index (κ1) is 19.7. The van der Waals surface area contributed by atoms with Crippen LogP contribution in [0.15, 0.2) is 41.6 Å². The van der Waals surface area contributed by atoms with Crippen molar-refractivity contribution in [2.75, 3.05) is 26.1 Å². The van der Waals surface area contributed by atoms with E-state index in [-0.39, 0.29) is 23.8 Å². The van der Waals surface area contributed by atoms with E-state index in [2.05, 4.69) is 15.0 Å². The lowest BCUT2D eigenvalue weighted by Gasteiger charge is -2.13. The van der Waals surface area contributed by atoms with Crippen LogP contribution in [0, 0.1) is 6.92 Å². The molecule has 26 heavy (non-hydrogen) atoms. The molecule has 0 fully saturated rings. The van der Waals surface area contributed by atoms with Crippen LogP contribution in [0.3, 0.4) is 0 Å². The largest absolute Gasteiger partial charge is 0.493 e. The number of methoxy groups -OCH3 is 2. The Morgan fingerprint density at radius 2 is 1.73 bits per heavy atom. The van der Waals surface area contributed by atoms with Gasteiger partial charge in [-0.05, 0) is 30.7 Å². The van der Waals surface area contributed by atoms with E-state index < -0.39 is 10.0 Å². The molecule has 0 radical (unpaired) electrons. The minimum absolute atomic E-state index is 0.00606. The third-order valence-electron chi connectivity index (χ3n) is 3.58. The highest BCUT2D eigenvalue weighted by atomic mass is 32.2. The van der Waals surface area contributed by atoms with Crippen molar-refractivity contribution in [3.05, 3.63) is 42.2 Å². The number of hydrogen-bond donors (Lipinski definition) is 2. The van der Waals surface area contributed by atoms with E-state index in [0.717, 1.165) is 0 Å². The molecular weight excluding hydrogens is 358 g/mol. The quantitative estimate of drug-likeness (QED) is 0.723. The predicted molar refractivity (Wildman–Crippen MR) is 97.0 cm³/mol. The van der Waals surface area contributed by atoms with Crippen molar-refractivity contribution in [3.63, 3.8) is 0 Å². The second-order valence-electron chi connectivity index (χ2n) is 5.40. The van der Waals surface area contributed by atoms with Gasteiger partial charge in [0.25, 0.3) is 0 Å². The lowest BCUT2D eigenvalue weighted by atomic mass is 10.2. The van der Waals surface area contributed by atoms with Crippen LogP contribution in [0.2, 0.25) is 0 Å². The molecule has 0 saturated carbocycles. The number of sulfonamides is 1. The smallest absolute Gasteiger partial charge is 0.240 e. The summed E-state index contributed by atoms with van der Waals surface area (Å²) in [6, 6.07) is 6.28. The van der Waals surface area contributed by atoms with Gasteiger partial charge in [-0.3, -0.25) is 9.78 Å². The van der Waals surface area contributed by atoms with Crippen molar-refractivity contribution in [3.8, 4) is 11.5 Å². The van der Waals surface area contributed by atoms with Crippen LogP contribution in [-0.4, -0.2) is 40.1 Å². The number of amides is 1. The van der Waals surface area contributed by atoms with Crippen LogP contribution in [0.4, 0.5) is 5.69 Å². The van der Waals surface area contributed by atoms with E-state index in [0.29, 0.717) is 22.7 Å². The number of hydrogen-bond acceptors (Lipinski definition) is 6. The molecule has 1 aromatic heterocycles. The summed E-state index contributed by atoms with van der Waals surface area (Å²) in [5, 5.41) is 2.66. The van der Waals surface area contributed by atoms with Gasteiger partial charge in [0, 0.05) is 37.1 Å². The highest BCUT2D eigenvalue weighted by Gasteiger charge is 2.20. The zero-order chi connectivity index (χ0) is 19.2. The number of nitrogens with zero attached hydrogens (tertiary/aromatic N) is 1. The Hall–Kier alpha value is -2.65. The van der Waals surface area contributed by atoms with Gasteiger partial charge in [0.15, 0.2) is 11.5 Å². The molecule has 8 nitrogen and oxygen atoms in total. The van der Waals surface area contributed by atoms with Gasteiger partial charge in [0.05, 0.1) is 19.1 Å². The number of aryl methyl sites for hydroxylation is 1. The summed E-state index contributed by atoms with van der Waals surface area (Å²) in [5.41, 5.74) is 1.11. The van der Waals surface area contributed by atoms with Crippen molar-refractivity contribution in [1.29, 1.82) is 0 Å². The maximum Gasteiger partial charge on any atom is 0.240 e. The Balaban J connectivity index is 2.01. The van der Waals surface area contributed by atoms with Crippen molar-refractivity contribution in [2.45, 2.75) is 18.2 Å². The minimum atomic E-state index is -3.79. The minimum Gasteiger partial charge on any atom is -0.493 e. The van der Waals surface area contributed by atoms with Crippen molar-refractivity contribution < 1.29 is 22.7 Å². The van der Waals surface area contributed by atoms with E-state index >= 15 is 0 Å². The summed E-state index contributed by atoms with van der Waals surface area (Å²) in [6.07, 6.45) is 3.10. The Morgan fingerprint density at radius 3 is 2.35 bits per heavy atom. The van der Waals surface area contributed by atoms with E-state index in [1.807, 2.05) is 0 Å². The van der Waals surface area contributed by atoms with Crippen LogP contribution in [-0.2, 0) is 14.8 Å². The van der Waals surface area contributed by atoms with Crippen LogP contribution in [0.1, 0.15) is 12.0 Å². The van der Waals surface area contributed by atoms with Crippen LogP contribution in [0.5, 0.6) is 11.5 Å². The summed E-state index contributed by atoms with van der Waals surface area (Å²) >= 11 is 0. The summed E-state index contributed by atoms with van der Waals surface area (Å²) in [5.74, 6) is 0.456. The fraction of sp³-hybridized carbons (Fsp3) is 0.294. The normalized spacial score (nSPS) is 11.0. The van der Waals surface area contributed by atoms with E-state index in [9.17, 15) is 13.2 Å². The lowest BCUT2D eigenvalue weighted by Crippen LogP contribution is -2.28. The van der Waals surface area contributed by atoms with Crippen LogP contribution >= 0.6 is 0 Å².